The molecular formula is C24H21N5O4S. The van der Waals surface area contributed by atoms with Crippen molar-refractivity contribution in [3.05, 3.63) is 65.2 Å². The van der Waals surface area contributed by atoms with Gasteiger partial charge in [0.1, 0.15) is 11.6 Å². The Morgan fingerprint density at radius 1 is 1.12 bits per heavy atom. The smallest absolute Gasteiger partial charge is 0.343 e. The quantitative estimate of drug-likeness (QED) is 0.237. The molecule has 9 nitrogen and oxygen atoms in total. The Morgan fingerprint density at radius 3 is 2.59 bits per heavy atom. The summed E-state index contributed by atoms with van der Waals surface area (Å²) in [6.07, 6.45) is 3.63. The molecule has 1 aliphatic rings. The van der Waals surface area contributed by atoms with Gasteiger partial charge < -0.3 is 14.4 Å². The van der Waals surface area contributed by atoms with E-state index in [9.17, 15) is 14.9 Å². The minimum Gasteiger partial charge on any atom is -0.493 e. The maximum Gasteiger partial charge on any atom is 0.343 e. The van der Waals surface area contributed by atoms with Crippen molar-refractivity contribution in [3.8, 4) is 17.6 Å². The molecule has 0 spiro atoms. The number of nitrogens with one attached hydrogen (secondary N) is 1. The van der Waals surface area contributed by atoms with Crippen molar-refractivity contribution < 1.29 is 19.1 Å². The number of aromatic nitrogens is 2. The second-order valence-corrected chi connectivity index (χ2v) is 8.33. The maximum absolute atomic E-state index is 12.6. The number of anilines is 2. The van der Waals surface area contributed by atoms with E-state index < -0.39 is 11.9 Å². The van der Waals surface area contributed by atoms with E-state index in [-0.39, 0.29) is 17.1 Å². The molecule has 1 aliphatic heterocycles. The highest BCUT2D eigenvalue weighted by Gasteiger charge is 2.19. The summed E-state index contributed by atoms with van der Waals surface area (Å²) >= 11 is 1.27. The van der Waals surface area contributed by atoms with Gasteiger partial charge in [0.2, 0.25) is 10.3 Å². The lowest BCUT2D eigenvalue weighted by Gasteiger charge is -2.11. The van der Waals surface area contributed by atoms with Crippen LogP contribution in [0.25, 0.3) is 6.08 Å². The van der Waals surface area contributed by atoms with E-state index in [1.807, 2.05) is 6.07 Å². The summed E-state index contributed by atoms with van der Waals surface area (Å²) in [7, 11) is 1.44. The predicted molar refractivity (Wildman–Crippen MR) is 128 cm³/mol. The molecule has 10 heteroatoms. The van der Waals surface area contributed by atoms with Gasteiger partial charge in [-0.05, 0) is 48.7 Å². The summed E-state index contributed by atoms with van der Waals surface area (Å²) < 4.78 is 10.8. The van der Waals surface area contributed by atoms with Gasteiger partial charge in [0, 0.05) is 13.1 Å². The van der Waals surface area contributed by atoms with E-state index in [0.717, 1.165) is 31.1 Å². The lowest BCUT2D eigenvalue weighted by atomic mass is 10.1. The molecule has 1 fully saturated rings. The molecule has 0 radical (unpaired) electrons. The zero-order chi connectivity index (χ0) is 23.9. The monoisotopic (exact) mass is 475 g/mol. The number of nitrogens with zero attached hydrogens (tertiary/aromatic N) is 4. The number of hydrogen-bond acceptors (Lipinski definition) is 9. The number of esters is 1. The summed E-state index contributed by atoms with van der Waals surface area (Å²) in [5.74, 6) is -0.607. The Balaban J connectivity index is 1.47. The maximum atomic E-state index is 12.6. The SMILES string of the molecule is COc1cc(/C=C(/C#N)C(=O)Nc2nnc(N3CCCC3)s2)ccc1OC(=O)c1ccccc1. The van der Waals surface area contributed by atoms with Crippen LogP contribution in [0, 0.1) is 11.3 Å². The highest BCUT2D eigenvalue weighted by atomic mass is 32.1. The van der Waals surface area contributed by atoms with Crippen LogP contribution in [0.4, 0.5) is 10.3 Å². The lowest BCUT2D eigenvalue weighted by molar-refractivity contribution is -0.112. The highest BCUT2D eigenvalue weighted by molar-refractivity contribution is 7.19. The Bertz CT molecular complexity index is 1260. The van der Waals surface area contributed by atoms with Crippen molar-refractivity contribution in [2.75, 3.05) is 30.4 Å². The van der Waals surface area contributed by atoms with Crippen LogP contribution in [-0.4, -0.2) is 42.3 Å². The van der Waals surface area contributed by atoms with E-state index in [4.69, 9.17) is 9.47 Å². The number of hydrogen-bond donors (Lipinski definition) is 1. The molecular weight excluding hydrogens is 454 g/mol. The number of carbonyl (C=O) groups is 2. The zero-order valence-electron chi connectivity index (χ0n) is 18.4. The van der Waals surface area contributed by atoms with Gasteiger partial charge in [-0.2, -0.15) is 5.26 Å². The molecule has 0 unspecified atom stereocenters. The van der Waals surface area contributed by atoms with Crippen molar-refractivity contribution in [1.82, 2.24) is 10.2 Å². The number of benzene rings is 2. The van der Waals surface area contributed by atoms with E-state index in [0.29, 0.717) is 16.3 Å². The Kier molecular flexibility index (Phi) is 7.15. The molecule has 1 saturated heterocycles. The van der Waals surface area contributed by atoms with E-state index >= 15 is 0 Å². The zero-order valence-corrected chi connectivity index (χ0v) is 19.2. The van der Waals surface area contributed by atoms with Crippen molar-refractivity contribution in [2.45, 2.75) is 12.8 Å². The molecule has 172 valence electrons. The molecule has 1 N–H and O–H groups in total. The molecule has 1 aromatic heterocycles. The molecule has 0 saturated carbocycles. The van der Waals surface area contributed by atoms with Crippen molar-refractivity contribution in [3.63, 3.8) is 0 Å². The first-order valence-corrected chi connectivity index (χ1v) is 11.4. The Morgan fingerprint density at radius 2 is 1.88 bits per heavy atom. The largest absolute Gasteiger partial charge is 0.493 e. The second-order valence-electron chi connectivity index (χ2n) is 7.37. The predicted octanol–water partition coefficient (Wildman–Crippen LogP) is 3.91. The van der Waals surface area contributed by atoms with Crippen LogP contribution in [0.15, 0.2) is 54.1 Å². The molecule has 3 aromatic rings. The van der Waals surface area contributed by atoms with Gasteiger partial charge in [-0.1, -0.05) is 35.6 Å². The van der Waals surface area contributed by atoms with Gasteiger partial charge in [-0.3, -0.25) is 10.1 Å². The Labute approximate surface area is 200 Å². The third-order valence-electron chi connectivity index (χ3n) is 5.09. The third-order valence-corrected chi connectivity index (χ3v) is 5.99. The van der Waals surface area contributed by atoms with Gasteiger partial charge in [-0.15, -0.1) is 10.2 Å². The normalized spacial score (nSPS) is 13.3. The van der Waals surface area contributed by atoms with E-state index in [2.05, 4.69) is 20.4 Å². The summed E-state index contributed by atoms with van der Waals surface area (Å²) in [4.78, 5) is 27.1. The van der Waals surface area contributed by atoms with Crippen LogP contribution >= 0.6 is 11.3 Å². The van der Waals surface area contributed by atoms with Gasteiger partial charge in [0.15, 0.2) is 11.5 Å². The van der Waals surface area contributed by atoms with Crippen LogP contribution in [0.2, 0.25) is 0 Å². The average molecular weight is 476 g/mol. The summed E-state index contributed by atoms with van der Waals surface area (Å²) in [6.45, 7) is 1.84. The standard InChI is InChI=1S/C24H21N5O4S/c1-32-20-14-16(9-10-19(20)33-22(31)17-7-3-2-4-8-17)13-18(15-25)21(30)26-23-27-28-24(34-23)29-11-5-6-12-29/h2-4,7-10,13-14H,5-6,11-12H2,1H3,(H,26,27,30)/b18-13-. The fourth-order valence-electron chi connectivity index (χ4n) is 3.37. The minimum atomic E-state index is -0.592. The first-order valence-electron chi connectivity index (χ1n) is 10.5. The minimum absolute atomic E-state index is 0.117. The molecule has 0 bridgehead atoms. The number of rotatable bonds is 7. The molecule has 34 heavy (non-hydrogen) atoms. The van der Waals surface area contributed by atoms with E-state index in [1.165, 1.54) is 24.5 Å². The average Bonchev–Trinajstić information content (AvgIpc) is 3.56. The Hall–Kier alpha value is -4.23. The summed E-state index contributed by atoms with van der Waals surface area (Å²) in [6, 6.07) is 15.2. The van der Waals surface area contributed by atoms with Crippen LogP contribution in [-0.2, 0) is 4.79 Å². The summed E-state index contributed by atoms with van der Waals surface area (Å²) in [5, 5.41) is 21.3. The number of nitriles is 1. The molecule has 1 amide bonds. The van der Waals surface area contributed by atoms with E-state index in [1.54, 1.807) is 48.5 Å². The number of carbonyl (C=O) groups excluding carboxylic acids is 2. The summed E-state index contributed by atoms with van der Waals surface area (Å²) in [5.41, 5.74) is 0.814. The fraction of sp³-hybridized carbons (Fsp3) is 0.208. The molecule has 2 heterocycles. The highest BCUT2D eigenvalue weighted by Crippen LogP contribution is 2.30. The third kappa shape index (κ3) is 5.39. The molecule has 0 atom stereocenters. The van der Waals surface area contributed by atoms with Gasteiger partial charge in [0.05, 0.1) is 12.7 Å². The number of methoxy groups -OCH3 is 1. The first-order chi connectivity index (χ1) is 16.6. The van der Waals surface area contributed by atoms with Gasteiger partial charge >= 0.3 is 5.97 Å². The van der Waals surface area contributed by atoms with Gasteiger partial charge in [-0.25, -0.2) is 4.79 Å². The lowest BCUT2D eigenvalue weighted by Crippen LogP contribution is -2.17. The molecule has 4 rings (SSSR count). The van der Waals surface area contributed by atoms with Crippen molar-refractivity contribution in [1.29, 1.82) is 5.26 Å². The molecule has 2 aromatic carbocycles. The molecule has 0 aliphatic carbocycles. The van der Waals surface area contributed by atoms with Crippen LogP contribution in [0.5, 0.6) is 11.5 Å². The first kappa shape index (κ1) is 22.9. The second kappa shape index (κ2) is 10.6. The fourth-order valence-corrected chi connectivity index (χ4v) is 4.16. The van der Waals surface area contributed by atoms with Crippen molar-refractivity contribution >= 4 is 39.6 Å². The van der Waals surface area contributed by atoms with Crippen molar-refractivity contribution in [2.24, 2.45) is 0 Å². The topological polar surface area (TPSA) is 117 Å². The van der Waals surface area contributed by atoms with Crippen LogP contribution < -0.4 is 19.7 Å². The number of amides is 1. The van der Waals surface area contributed by atoms with Crippen LogP contribution in [0.3, 0.4) is 0 Å². The number of ether oxygens (including phenoxy) is 2. The van der Waals surface area contributed by atoms with Gasteiger partial charge in [0.25, 0.3) is 5.91 Å². The van der Waals surface area contributed by atoms with Crippen LogP contribution in [0.1, 0.15) is 28.8 Å².